The maximum Gasteiger partial charge on any atom is 0.401 e. The van der Waals surface area contributed by atoms with Gasteiger partial charge in [0.05, 0.1) is 13.1 Å². The minimum atomic E-state index is -4.20. The summed E-state index contributed by atoms with van der Waals surface area (Å²) in [5, 5.41) is 7.03. The third-order valence-electron chi connectivity index (χ3n) is 5.05. The highest BCUT2D eigenvalue weighted by atomic mass is 19.4. The molecular formula is C20H26F3N5O. The van der Waals surface area contributed by atoms with Gasteiger partial charge in [-0.05, 0) is 42.6 Å². The van der Waals surface area contributed by atoms with E-state index in [9.17, 15) is 18.0 Å². The Morgan fingerprint density at radius 3 is 2.69 bits per heavy atom. The van der Waals surface area contributed by atoms with E-state index < -0.39 is 12.7 Å². The summed E-state index contributed by atoms with van der Waals surface area (Å²) >= 11 is 0. The molecule has 1 fully saturated rings. The molecule has 158 valence electrons. The van der Waals surface area contributed by atoms with Gasteiger partial charge in [-0.1, -0.05) is 19.1 Å². The lowest BCUT2D eigenvalue weighted by Gasteiger charge is -2.25. The minimum Gasteiger partial charge on any atom is -0.324 e. The van der Waals surface area contributed by atoms with E-state index in [1.54, 1.807) is 18.0 Å². The quantitative estimate of drug-likeness (QED) is 0.759. The van der Waals surface area contributed by atoms with E-state index in [-0.39, 0.29) is 11.9 Å². The Hall–Kier alpha value is -2.55. The second-order valence-electron chi connectivity index (χ2n) is 7.37. The van der Waals surface area contributed by atoms with Crippen molar-refractivity contribution in [1.29, 1.82) is 0 Å². The van der Waals surface area contributed by atoms with Crippen LogP contribution in [0.3, 0.4) is 0 Å². The molecule has 1 aromatic carbocycles. The first-order valence-electron chi connectivity index (χ1n) is 9.74. The topological polar surface area (TPSA) is 53.4 Å². The number of benzene rings is 1. The van der Waals surface area contributed by atoms with Crippen molar-refractivity contribution in [2.45, 2.75) is 26.1 Å². The molecule has 0 saturated carbocycles. The summed E-state index contributed by atoms with van der Waals surface area (Å²) in [6.45, 7) is 3.18. The average molecular weight is 409 g/mol. The lowest BCUT2D eigenvalue weighted by molar-refractivity contribution is -0.146. The lowest BCUT2D eigenvalue weighted by atomic mass is 10.1. The zero-order chi connectivity index (χ0) is 20.9. The molecule has 1 saturated heterocycles. The second-order valence-corrected chi connectivity index (χ2v) is 7.37. The summed E-state index contributed by atoms with van der Waals surface area (Å²) in [6, 6.07) is 9.19. The number of hydrogen-bond donors (Lipinski definition) is 1. The van der Waals surface area contributed by atoms with E-state index in [2.05, 4.69) is 10.4 Å². The first kappa shape index (κ1) is 21.2. The van der Waals surface area contributed by atoms with Crippen LogP contribution >= 0.6 is 0 Å². The number of hydrogen-bond acceptors (Lipinski definition) is 3. The van der Waals surface area contributed by atoms with Gasteiger partial charge in [-0.2, -0.15) is 18.3 Å². The molecule has 1 aromatic heterocycles. The van der Waals surface area contributed by atoms with Gasteiger partial charge >= 0.3 is 12.2 Å². The van der Waals surface area contributed by atoms with Gasteiger partial charge in [-0.15, -0.1) is 0 Å². The fraction of sp³-hybridized carbons (Fsp3) is 0.500. The van der Waals surface area contributed by atoms with Crippen molar-refractivity contribution < 1.29 is 18.0 Å². The van der Waals surface area contributed by atoms with E-state index in [4.69, 9.17) is 0 Å². The first-order valence-corrected chi connectivity index (χ1v) is 9.74. The summed E-state index contributed by atoms with van der Waals surface area (Å²) in [4.78, 5) is 15.6. The predicted octanol–water partition coefficient (Wildman–Crippen LogP) is 3.67. The van der Waals surface area contributed by atoms with Gasteiger partial charge in [-0.25, -0.2) is 4.79 Å². The van der Waals surface area contributed by atoms with E-state index in [0.717, 1.165) is 5.56 Å². The molecule has 6 nitrogen and oxygen atoms in total. The Bertz CT molecular complexity index is 776. The number of alkyl halides is 3. The number of nitrogens with zero attached hydrogens (tertiary/aromatic N) is 4. The first-order chi connectivity index (χ1) is 13.8. The number of rotatable bonds is 7. The van der Waals surface area contributed by atoms with Gasteiger partial charge in [0.25, 0.3) is 0 Å². The minimum absolute atomic E-state index is 0.0551. The SMILES string of the molecule is CCN(CC1CCN(C(=O)Nc2ccc(Cn3cccn3)cc2)C1)CC(F)(F)F. The molecule has 1 atom stereocenters. The van der Waals surface area contributed by atoms with Crippen molar-refractivity contribution in [3.05, 3.63) is 48.3 Å². The van der Waals surface area contributed by atoms with Crippen LogP contribution in [0.1, 0.15) is 18.9 Å². The van der Waals surface area contributed by atoms with Crippen LogP contribution in [0.25, 0.3) is 0 Å². The van der Waals surface area contributed by atoms with Crippen molar-refractivity contribution in [3.8, 4) is 0 Å². The number of carbonyl (C=O) groups excluding carboxylic acids is 1. The zero-order valence-corrected chi connectivity index (χ0v) is 16.4. The van der Waals surface area contributed by atoms with Crippen molar-refractivity contribution in [2.75, 3.05) is 38.0 Å². The molecule has 2 amide bonds. The summed E-state index contributed by atoms with van der Waals surface area (Å²) < 4.78 is 39.7. The van der Waals surface area contributed by atoms with Gasteiger partial charge in [0.1, 0.15) is 0 Å². The van der Waals surface area contributed by atoms with Gasteiger partial charge in [0, 0.05) is 37.7 Å². The Morgan fingerprint density at radius 1 is 1.31 bits per heavy atom. The molecule has 0 aliphatic carbocycles. The molecule has 2 heterocycles. The summed E-state index contributed by atoms with van der Waals surface area (Å²) in [7, 11) is 0. The van der Waals surface area contributed by atoms with Crippen LogP contribution in [0.2, 0.25) is 0 Å². The molecule has 29 heavy (non-hydrogen) atoms. The Kier molecular flexibility index (Phi) is 6.79. The average Bonchev–Trinajstić information content (AvgIpc) is 3.34. The number of aromatic nitrogens is 2. The summed E-state index contributed by atoms with van der Waals surface area (Å²) in [6.07, 6.45) is 0.120. The van der Waals surface area contributed by atoms with Crippen LogP contribution in [0, 0.1) is 5.92 Å². The van der Waals surface area contributed by atoms with Gasteiger partial charge in [0.2, 0.25) is 0 Å². The largest absolute Gasteiger partial charge is 0.401 e. The van der Waals surface area contributed by atoms with Crippen LogP contribution < -0.4 is 5.32 Å². The van der Waals surface area contributed by atoms with E-state index in [0.29, 0.717) is 44.8 Å². The van der Waals surface area contributed by atoms with Crippen LogP contribution in [0.15, 0.2) is 42.7 Å². The number of halogens is 3. The lowest BCUT2D eigenvalue weighted by Crippen LogP contribution is -2.39. The monoisotopic (exact) mass is 409 g/mol. The normalized spacial score (nSPS) is 17.1. The van der Waals surface area contributed by atoms with E-state index in [1.807, 2.05) is 41.2 Å². The molecule has 0 radical (unpaired) electrons. The number of amides is 2. The van der Waals surface area contributed by atoms with Crippen LogP contribution in [-0.4, -0.2) is 64.5 Å². The Balaban J connectivity index is 1.47. The van der Waals surface area contributed by atoms with Crippen molar-refractivity contribution in [2.24, 2.45) is 5.92 Å². The molecule has 1 aliphatic rings. The van der Waals surface area contributed by atoms with E-state index >= 15 is 0 Å². The molecule has 3 rings (SSSR count). The molecule has 0 spiro atoms. The number of nitrogens with one attached hydrogen (secondary N) is 1. The molecule has 1 N–H and O–H groups in total. The molecule has 1 aliphatic heterocycles. The molecule has 9 heteroatoms. The predicted molar refractivity (Wildman–Crippen MR) is 105 cm³/mol. The standard InChI is InChI=1S/C20H26F3N5O/c1-2-26(15-20(21,22)23)12-17-8-11-27(13-17)19(29)25-18-6-4-16(5-7-18)14-28-10-3-9-24-28/h3-7,9-10,17H,2,8,11-15H2,1H3,(H,25,29). The van der Waals surface area contributed by atoms with Crippen molar-refractivity contribution in [3.63, 3.8) is 0 Å². The molecular weight excluding hydrogens is 383 g/mol. The van der Waals surface area contributed by atoms with Gasteiger partial charge in [0.15, 0.2) is 0 Å². The second kappa shape index (κ2) is 9.30. The highest BCUT2D eigenvalue weighted by Gasteiger charge is 2.33. The van der Waals surface area contributed by atoms with E-state index in [1.165, 1.54) is 4.90 Å². The summed E-state index contributed by atoms with van der Waals surface area (Å²) in [5.74, 6) is 0.0551. The highest BCUT2D eigenvalue weighted by Crippen LogP contribution is 2.22. The zero-order valence-electron chi connectivity index (χ0n) is 16.4. The van der Waals surface area contributed by atoms with Crippen LogP contribution in [0.5, 0.6) is 0 Å². The maximum atomic E-state index is 12.6. The van der Waals surface area contributed by atoms with Crippen molar-refractivity contribution in [1.82, 2.24) is 19.6 Å². The molecule has 2 aromatic rings. The third-order valence-corrected chi connectivity index (χ3v) is 5.05. The van der Waals surface area contributed by atoms with Crippen molar-refractivity contribution >= 4 is 11.7 Å². The smallest absolute Gasteiger partial charge is 0.324 e. The fourth-order valence-electron chi connectivity index (χ4n) is 3.57. The Morgan fingerprint density at radius 2 is 2.07 bits per heavy atom. The van der Waals surface area contributed by atoms with Crippen LogP contribution in [0.4, 0.5) is 23.7 Å². The van der Waals surface area contributed by atoms with Gasteiger partial charge in [-0.3, -0.25) is 9.58 Å². The third kappa shape index (κ3) is 6.49. The van der Waals surface area contributed by atoms with Crippen LogP contribution in [-0.2, 0) is 6.54 Å². The Labute approximate surface area is 168 Å². The number of carbonyl (C=O) groups is 1. The molecule has 0 bridgehead atoms. The fourth-order valence-corrected chi connectivity index (χ4v) is 3.57. The summed E-state index contributed by atoms with van der Waals surface area (Å²) in [5.41, 5.74) is 1.76. The number of likely N-dealkylation sites (tertiary alicyclic amines) is 1. The maximum absolute atomic E-state index is 12.6. The van der Waals surface area contributed by atoms with Gasteiger partial charge < -0.3 is 10.2 Å². The number of urea groups is 1. The molecule has 1 unspecified atom stereocenters. The number of anilines is 1. The highest BCUT2D eigenvalue weighted by molar-refractivity contribution is 5.89.